The quantitative estimate of drug-likeness (QED) is 0.738. The van der Waals surface area contributed by atoms with Crippen LogP contribution in [-0.2, 0) is 0 Å². The Kier molecular flexibility index (Phi) is 7.00. The standard InChI is InChI=1S/C15H22BrF3N2/c1-4-8-21(10-15(17,18)19)14-7-6-12(16)9-13(14)11(3)20-5-2/h6-7,9,11,20H,4-5,8,10H2,1-3H3. The maximum atomic E-state index is 12.8. The average Bonchev–Trinajstić information content (AvgIpc) is 2.37. The highest BCUT2D eigenvalue weighted by Crippen LogP contribution is 2.31. The van der Waals surface area contributed by atoms with E-state index in [0.717, 1.165) is 16.6 Å². The molecule has 0 spiro atoms. The Bertz CT molecular complexity index is 449. The van der Waals surface area contributed by atoms with Crippen molar-refractivity contribution in [3.05, 3.63) is 28.2 Å². The summed E-state index contributed by atoms with van der Waals surface area (Å²) in [7, 11) is 0. The smallest absolute Gasteiger partial charge is 0.362 e. The van der Waals surface area contributed by atoms with Crippen LogP contribution in [0.3, 0.4) is 0 Å². The van der Waals surface area contributed by atoms with E-state index in [4.69, 9.17) is 0 Å². The molecule has 2 nitrogen and oxygen atoms in total. The molecule has 1 aromatic rings. The largest absolute Gasteiger partial charge is 0.405 e. The molecular weight excluding hydrogens is 345 g/mol. The fourth-order valence-electron chi connectivity index (χ4n) is 2.35. The van der Waals surface area contributed by atoms with Gasteiger partial charge in [0.2, 0.25) is 0 Å². The molecule has 1 N–H and O–H groups in total. The van der Waals surface area contributed by atoms with Gasteiger partial charge < -0.3 is 10.2 Å². The maximum absolute atomic E-state index is 12.8. The van der Waals surface area contributed by atoms with Crippen LogP contribution in [0.5, 0.6) is 0 Å². The SMILES string of the molecule is CCCN(CC(F)(F)F)c1ccc(Br)cc1C(C)NCC. The second-order valence-electron chi connectivity index (χ2n) is 5.02. The van der Waals surface area contributed by atoms with Crippen LogP contribution in [0.15, 0.2) is 22.7 Å². The molecule has 0 heterocycles. The van der Waals surface area contributed by atoms with Gasteiger partial charge in [-0.1, -0.05) is 29.8 Å². The lowest BCUT2D eigenvalue weighted by molar-refractivity contribution is -0.119. The van der Waals surface area contributed by atoms with Crippen molar-refractivity contribution in [2.24, 2.45) is 0 Å². The topological polar surface area (TPSA) is 15.3 Å². The molecule has 1 aromatic carbocycles. The molecule has 120 valence electrons. The van der Waals surface area contributed by atoms with E-state index in [9.17, 15) is 13.2 Å². The second-order valence-corrected chi connectivity index (χ2v) is 5.93. The molecule has 1 rings (SSSR count). The lowest BCUT2D eigenvalue weighted by Crippen LogP contribution is -2.36. The predicted molar refractivity (Wildman–Crippen MR) is 84.8 cm³/mol. The summed E-state index contributed by atoms with van der Waals surface area (Å²) in [6.07, 6.45) is -3.54. The molecule has 0 aromatic heterocycles. The van der Waals surface area contributed by atoms with Gasteiger partial charge in [0, 0.05) is 22.7 Å². The second kappa shape index (κ2) is 8.03. The van der Waals surface area contributed by atoms with Crippen molar-refractivity contribution in [1.82, 2.24) is 5.32 Å². The van der Waals surface area contributed by atoms with Crippen LogP contribution in [0.25, 0.3) is 0 Å². The highest BCUT2D eigenvalue weighted by molar-refractivity contribution is 9.10. The summed E-state index contributed by atoms with van der Waals surface area (Å²) in [5.74, 6) is 0. The van der Waals surface area contributed by atoms with Crippen molar-refractivity contribution in [3.8, 4) is 0 Å². The van der Waals surface area contributed by atoms with Crippen LogP contribution < -0.4 is 10.2 Å². The zero-order valence-corrected chi connectivity index (χ0v) is 14.2. The average molecular weight is 367 g/mol. The first-order chi connectivity index (χ1) is 9.78. The van der Waals surface area contributed by atoms with Crippen molar-refractivity contribution < 1.29 is 13.2 Å². The molecule has 0 radical (unpaired) electrons. The van der Waals surface area contributed by atoms with E-state index in [0.29, 0.717) is 18.7 Å². The van der Waals surface area contributed by atoms with E-state index in [-0.39, 0.29) is 6.04 Å². The van der Waals surface area contributed by atoms with Gasteiger partial charge in [0.1, 0.15) is 6.54 Å². The number of hydrogen-bond acceptors (Lipinski definition) is 2. The van der Waals surface area contributed by atoms with Gasteiger partial charge in [-0.3, -0.25) is 0 Å². The molecule has 0 aliphatic rings. The van der Waals surface area contributed by atoms with Crippen LogP contribution in [0.2, 0.25) is 0 Å². The predicted octanol–water partition coefficient (Wildman–Crippen LogP) is 4.90. The first-order valence-corrected chi connectivity index (χ1v) is 7.92. The Balaban J connectivity index is 3.17. The number of alkyl halides is 3. The third-order valence-corrected chi connectivity index (χ3v) is 3.66. The third kappa shape index (κ3) is 5.87. The summed E-state index contributed by atoms with van der Waals surface area (Å²) in [5.41, 5.74) is 1.52. The summed E-state index contributed by atoms with van der Waals surface area (Å²) in [4.78, 5) is 1.41. The number of nitrogens with zero attached hydrogens (tertiary/aromatic N) is 1. The minimum absolute atomic E-state index is 0.00455. The molecule has 0 saturated carbocycles. The molecule has 0 amide bonds. The number of rotatable bonds is 7. The van der Waals surface area contributed by atoms with Crippen molar-refractivity contribution in [2.45, 2.75) is 39.4 Å². The Hall–Kier alpha value is -0.750. The van der Waals surface area contributed by atoms with E-state index >= 15 is 0 Å². The Labute approximate surface area is 132 Å². The van der Waals surface area contributed by atoms with Crippen molar-refractivity contribution in [1.29, 1.82) is 0 Å². The molecule has 0 aliphatic heterocycles. The fourth-order valence-corrected chi connectivity index (χ4v) is 2.73. The fraction of sp³-hybridized carbons (Fsp3) is 0.600. The third-order valence-electron chi connectivity index (χ3n) is 3.17. The summed E-state index contributed by atoms with van der Waals surface area (Å²) < 4.78 is 39.3. The summed E-state index contributed by atoms with van der Waals surface area (Å²) in [6, 6.07) is 5.43. The zero-order chi connectivity index (χ0) is 16.0. The molecule has 0 aliphatic carbocycles. The molecule has 0 saturated heterocycles. The summed E-state index contributed by atoms with van der Waals surface area (Å²) in [5, 5.41) is 3.26. The van der Waals surface area contributed by atoms with Gasteiger partial charge in [0.25, 0.3) is 0 Å². The van der Waals surface area contributed by atoms with Crippen LogP contribution in [0, 0.1) is 0 Å². The molecular formula is C15H22BrF3N2. The minimum Gasteiger partial charge on any atom is -0.362 e. The number of halogens is 4. The highest BCUT2D eigenvalue weighted by Gasteiger charge is 2.31. The minimum atomic E-state index is -4.21. The first-order valence-electron chi connectivity index (χ1n) is 7.13. The molecule has 0 bridgehead atoms. The molecule has 1 atom stereocenters. The van der Waals surface area contributed by atoms with Crippen LogP contribution in [0.1, 0.15) is 38.8 Å². The van der Waals surface area contributed by atoms with E-state index < -0.39 is 12.7 Å². The first kappa shape index (κ1) is 18.3. The van der Waals surface area contributed by atoms with Gasteiger partial charge in [0.15, 0.2) is 0 Å². The van der Waals surface area contributed by atoms with E-state index in [1.807, 2.05) is 26.8 Å². The number of anilines is 1. The van der Waals surface area contributed by atoms with Crippen molar-refractivity contribution in [2.75, 3.05) is 24.5 Å². The lowest BCUT2D eigenvalue weighted by Gasteiger charge is -2.29. The van der Waals surface area contributed by atoms with Crippen LogP contribution in [0.4, 0.5) is 18.9 Å². The lowest BCUT2D eigenvalue weighted by atomic mass is 10.0. The Morgan fingerprint density at radius 3 is 2.48 bits per heavy atom. The van der Waals surface area contributed by atoms with Crippen LogP contribution >= 0.6 is 15.9 Å². The summed E-state index contributed by atoms with van der Waals surface area (Å²) >= 11 is 3.40. The molecule has 6 heteroatoms. The van der Waals surface area contributed by atoms with Gasteiger partial charge >= 0.3 is 6.18 Å². The van der Waals surface area contributed by atoms with Gasteiger partial charge in [0.05, 0.1) is 0 Å². The van der Waals surface area contributed by atoms with E-state index in [1.165, 1.54) is 4.90 Å². The van der Waals surface area contributed by atoms with Gasteiger partial charge in [-0.2, -0.15) is 13.2 Å². The van der Waals surface area contributed by atoms with E-state index in [2.05, 4.69) is 21.2 Å². The molecule has 21 heavy (non-hydrogen) atoms. The van der Waals surface area contributed by atoms with E-state index in [1.54, 1.807) is 12.1 Å². The van der Waals surface area contributed by atoms with Crippen LogP contribution in [-0.4, -0.2) is 25.8 Å². The number of hydrogen-bond donors (Lipinski definition) is 1. The Morgan fingerprint density at radius 2 is 1.95 bits per heavy atom. The normalized spacial score (nSPS) is 13.3. The molecule has 1 unspecified atom stereocenters. The Morgan fingerprint density at radius 1 is 1.29 bits per heavy atom. The zero-order valence-electron chi connectivity index (χ0n) is 12.6. The number of benzene rings is 1. The van der Waals surface area contributed by atoms with Crippen molar-refractivity contribution in [3.63, 3.8) is 0 Å². The van der Waals surface area contributed by atoms with Gasteiger partial charge in [-0.15, -0.1) is 0 Å². The van der Waals surface area contributed by atoms with Gasteiger partial charge in [-0.25, -0.2) is 0 Å². The molecule has 0 fully saturated rings. The van der Waals surface area contributed by atoms with Gasteiger partial charge in [-0.05, 0) is 43.7 Å². The summed E-state index contributed by atoms with van der Waals surface area (Å²) in [6.45, 7) is 6.05. The number of nitrogens with one attached hydrogen (secondary N) is 1. The maximum Gasteiger partial charge on any atom is 0.405 e. The monoisotopic (exact) mass is 366 g/mol. The highest BCUT2D eigenvalue weighted by atomic mass is 79.9. The van der Waals surface area contributed by atoms with Crippen molar-refractivity contribution >= 4 is 21.6 Å².